The minimum absolute atomic E-state index is 0.367. The van der Waals surface area contributed by atoms with Crippen LogP contribution in [0, 0.1) is 17.3 Å². The molecule has 0 aromatic heterocycles. The smallest absolute Gasteiger partial charge is 0.115 e. The maximum atomic E-state index is 9.54. The number of rotatable bonds is 4. The van der Waals surface area contributed by atoms with Crippen LogP contribution in [0.15, 0.2) is 48.5 Å². The molecule has 2 aliphatic rings. The van der Waals surface area contributed by atoms with E-state index in [1.54, 1.807) is 0 Å². The number of hydrogen-bond donors (Lipinski definition) is 2. The first-order valence-corrected chi connectivity index (χ1v) is 11.5. The lowest BCUT2D eigenvalue weighted by atomic mass is 9.58. The van der Waals surface area contributed by atoms with Crippen LogP contribution in [0.2, 0.25) is 0 Å². The van der Waals surface area contributed by atoms with Crippen molar-refractivity contribution >= 4 is 0 Å². The molecule has 156 valence electrons. The third-order valence-corrected chi connectivity index (χ3v) is 8.29. The molecule has 2 saturated carbocycles. The summed E-state index contributed by atoms with van der Waals surface area (Å²) >= 11 is 0. The molecule has 2 aromatic rings. The standard InChI is InChI=1S/C27H36O2/c1-27(2,23-11-3-19(4-12-23)21-7-15-25(28)16-8-21)24-13-5-20(6-14-24)22-9-17-26(29)18-10-22/h7-10,15-20,23-24,28-29H,3-6,11-14H2,1-2H3. The molecular weight excluding hydrogens is 356 g/mol. The van der Waals surface area contributed by atoms with E-state index in [4.69, 9.17) is 0 Å². The lowest BCUT2D eigenvalue weighted by Crippen LogP contribution is -2.36. The van der Waals surface area contributed by atoms with Crippen molar-refractivity contribution < 1.29 is 10.2 Å². The normalized spacial score (nSPS) is 28.2. The topological polar surface area (TPSA) is 40.5 Å². The van der Waals surface area contributed by atoms with Crippen molar-refractivity contribution in [2.75, 3.05) is 0 Å². The van der Waals surface area contributed by atoms with E-state index in [1.165, 1.54) is 62.5 Å². The zero-order valence-electron chi connectivity index (χ0n) is 18.0. The van der Waals surface area contributed by atoms with Crippen LogP contribution < -0.4 is 0 Å². The second kappa shape index (κ2) is 8.42. The minimum atomic E-state index is 0.367. The average molecular weight is 393 g/mol. The van der Waals surface area contributed by atoms with E-state index in [0.717, 1.165) is 11.8 Å². The van der Waals surface area contributed by atoms with Gasteiger partial charge >= 0.3 is 0 Å². The van der Waals surface area contributed by atoms with Gasteiger partial charge in [-0.1, -0.05) is 38.1 Å². The molecule has 0 radical (unpaired) electrons. The molecule has 0 heterocycles. The van der Waals surface area contributed by atoms with E-state index in [0.29, 0.717) is 28.7 Å². The van der Waals surface area contributed by atoms with Gasteiger partial charge < -0.3 is 10.2 Å². The van der Waals surface area contributed by atoms with Gasteiger partial charge in [-0.05, 0) is 116 Å². The minimum Gasteiger partial charge on any atom is -0.508 e. The Kier molecular flexibility index (Phi) is 5.90. The van der Waals surface area contributed by atoms with Gasteiger partial charge in [-0.25, -0.2) is 0 Å². The molecule has 2 N–H and O–H groups in total. The Balaban J connectivity index is 1.32. The molecular formula is C27H36O2. The van der Waals surface area contributed by atoms with Crippen LogP contribution in [-0.2, 0) is 0 Å². The summed E-state index contributed by atoms with van der Waals surface area (Å²) in [5.41, 5.74) is 3.21. The van der Waals surface area contributed by atoms with Crippen molar-refractivity contribution in [3.63, 3.8) is 0 Å². The van der Waals surface area contributed by atoms with Crippen LogP contribution in [0.5, 0.6) is 11.5 Å². The SMILES string of the molecule is CC(C)(C1CCC(c2ccc(O)cc2)CC1)C1CCC(c2ccc(O)cc2)CC1. The van der Waals surface area contributed by atoms with Crippen LogP contribution >= 0.6 is 0 Å². The first-order valence-electron chi connectivity index (χ1n) is 11.5. The van der Waals surface area contributed by atoms with Crippen molar-refractivity contribution in [3.05, 3.63) is 59.7 Å². The predicted octanol–water partition coefficient (Wildman–Crippen LogP) is 7.37. The molecule has 2 aliphatic carbocycles. The van der Waals surface area contributed by atoms with Crippen LogP contribution in [0.4, 0.5) is 0 Å². The maximum absolute atomic E-state index is 9.54. The molecule has 0 spiro atoms. The van der Waals surface area contributed by atoms with Crippen molar-refractivity contribution in [2.24, 2.45) is 17.3 Å². The molecule has 0 unspecified atom stereocenters. The first-order chi connectivity index (χ1) is 13.9. The Bertz CT molecular complexity index is 707. The lowest BCUT2D eigenvalue weighted by molar-refractivity contribution is 0.0513. The van der Waals surface area contributed by atoms with Gasteiger partial charge in [0.15, 0.2) is 0 Å². The van der Waals surface area contributed by atoms with Crippen molar-refractivity contribution in [3.8, 4) is 11.5 Å². The third-order valence-electron chi connectivity index (χ3n) is 8.29. The number of phenols is 2. The zero-order chi connectivity index (χ0) is 20.4. The molecule has 0 bridgehead atoms. The van der Waals surface area contributed by atoms with E-state index < -0.39 is 0 Å². The highest BCUT2D eigenvalue weighted by Crippen LogP contribution is 2.52. The Labute approximate surface area is 176 Å². The molecule has 29 heavy (non-hydrogen) atoms. The summed E-state index contributed by atoms with van der Waals surface area (Å²) in [5.74, 6) is 3.70. The first kappa shape index (κ1) is 20.3. The fourth-order valence-corrected chi connectivity index (χ4v) is 6.17. The number of phenolic OH excluding ortho intramolecular Hbond substituents is 2. The molecule has 2 fully saturated rings. The van der Waals surface area contributed by atoms with Gasteiger partial charge in [0.05, 0.1) is 0 Å². The maximum Gasteiger partial charge on any atom is 0.115 e. The fraction of sp³-hybridized carbons (Fsp3) is 0.556. The highest BCUT2D eigenvalue weighted by atomic mass is 16.3. The van der Waals surface area contributed by atoms with Crippen LogP contribution in [-0.4, -0.2) is 10.2 Å². The molecule has 0 saturated heterocycles. The quantitative estimate of drug-likeness (QED) is 0.570. The van der Waals surface area contributed by atoms with Gasteiger partial charge in [0.25, 0.3) is 0 Å². The van der Waals surface area contributed by atoms with Crippen LogP contribution in [0.25, 0.3) is 0 Å². The molecule has 0 atom stereocenters. The summed E-state index contributed by atoms with van der Waals surface area (Å²) < 4.78 is 0. The fourth-order valence-electron chi connectivity index (χ4n) is 6.17. The van der Waals surface area contributed by atoms with E-state index >= 15 is 0 Å². The van der Waals surface area contributed by atoms with Crippen molar-refractivity contribution in [1.82, 2.24) is 0 Å². The van der Waals surface area contributed by atoms with Crippen molar-refractivity contribution in [1.29, 1.82) is 0 Å². The molecule has 2 aromatic carbocycles. The van der Waals surface area contributed by atoms with E-state index in [-0.39, 0.29) is 0 Å². The Morgan fingerprint density at radius 2 is 0.862 bits per heavy atom. The molecule has 0 amide bonds. The summed E-state index contributed by atoms with van der Waals surface area (Å²) in [7, 11) is 0. The van der Waals surface area contributed by atoms with Gasteiger partial charge in [0.1, 0.15) is 11.5 Å². The molecule has 4 rings (SSSR count). The van der Waals surface area contributed by atoms with Gasteiger partial charge in [-0.2, -0.15) is 0 Å². The number of benzene rings is 2. The monoisotopic (exact) mass is 392 g/mol. The molecule has 2 heteroatoms. The van der Waals surface area contributed by atoms with E-state index in [9.17, 15) is 10.2 Å². The largest absolute Gasteiger partial charge is 0.508 e. The summed E-state index contributed by atoms with van der Waals surface area (Å²) in [4.78, 5) is 0. The van der Waals surface area contributed by atoms with E-state index in [2.05, 4.69) is 38.1 Å². The second-order valence-electron chi connectivity index (χ2n) is 10.1. The Hall–Kier alpha value is -1.96. The van der Waals surface area contributed by atoms with Crippen LogP contribution in [0.3, 0.4) is 0 Å². The second-order valence-corrected chi connectivity index (χ2v) is 10.1. The predicted molar refractivity (Wildman–Crippen MR) is 119 cm³/mol. The highest BCUT2D eigenvalue weighted by Gasteiger charge is 2.40. The Morgan fingerprint density at radius 1 is 0.552 bits per heavy atom. The van der Waals surface area contributed by atoms with Crippen molar-refractivity contribution in [2.45, 2.75) is 77.0 Å². The molecule has 0 aliphatic heterocycles. The number of hydrogen-bond acceptors (Lipinski definition) is 2. The summed E-state index contributed by atoms with van der Waals surface area (Å²) in [6.07, 6.45) is 10.4. The third kappa shape index (κ3) is 4.47. The van der Waals surface area contributed by atoms with Crippen LogP contribution in [0.1, 0.15) is 88.2 Å². The average Bonchev–Trinajstić information content (AvgIpc) is 2.75. The summed E-state index contributed by atoms with van der Waals surface area (Å²) in [5, 5.41) is 19.1. The summed E-state index contributed by atoms with van der Waals surface area (Å²) in [6.45, 7) is 5.06. The highest BCUT2D eigenvalue weighted by molar-refractivity contribution is 5.29. The van der Waals surface area contributed by atoms with Gasteiger partial charge in [0.2, 0.25) is 0 Å². The number of aromatic hydroxyl groups is 2. The van der Waals surface area contributed by atoms with Gasteiger partial charge in [-0.3, -0.25) is 0 Å². The Morgan fingerprint density at radius 3 is 1.17 bits per heavy atom. The van der Waals surface area contributed by atoms with E-state index in [1.807, 2.05) is 24.3 Å². The zero-order valence-corrected chi connectivity index (χ0v) is 18.0. The molecule has 2 nitrogen and oxygen atoms in total. The van der Waals surface area contributed by atoms with Gasteiger partial charge in [0, 0.05) is 0 Å². The summed E-state index contributed by atoms with van der Waals surface area (Å²) in [6, 6.07) is 15.8. The van der Waals surface area contributed by atoms with Gasteiger partial charge in [-0.15, -0.1) is 0 Å². The lowest BCUT2D eigenvalue weighted by Gasteiger charge is -2.47.